The molecule has 0 aromatic rings. The van der Waals surface area contributed by atoms with Crippen LogP contribution in [0.1, 0.15) is 0 Å². The SMILES string of the molecule is O=C(O)C(F)C(F)(Cl)C(=O)O. The quantitative estimate of drug-likeness (QED) is 0.629. The molecular formula is C4H3ClF2O4. The van der Waals surface area contributed by atoms with Gasteiger partial charge in [-0.15, -0.1) is 0 Å². The van der Waals surface area contributed by atoms with Gasteiger partial charge in [0, 0.05) is 0 Å². The Labute approximate surface area is 64.4 Å². The van der Waals surface area contributed by atoms with Crippen molar-refractivity contribution in [3.63, 3.8) is 0 Å². The van der Waals surface area contributed by atoms with E-state index in [-0.39, 0.29) is 0 Å². The topological polar surface area (TPSA) is 74.6 Å². The molecule has 0 aliphatic heterocycles. The molecule has 64 valence electrons. The fraction of sp³-hybridized carbons (Fsp3) is 0.500. The molecule has 0 amide bonds. The first-order valence-electron chi connectivity index (χ1n) is 2.28. The number of rotatable bonds is 3. The lowest BCUT2D eigenvalue weighted by atomic mass is 10.2. The van der Waals surface area contributed by atoms with Crippen LogP contribution in [-0.2, 0) is 9.59 Å². The Morgan fingerprint density at radius 2 is 1.82 bits per heavy atom. The first-order valence-corrected chi connectivity index (χ1v) is 2.66. The highest BCUT2D eigenvalue weighted by molar-refractivity contribution is 6.34. The second-order valence-electron chi connectivity index (χ2n) is 1.63. The number of halogens is 3. The Kier molecular flexibility index (Phi) is 2.75. The van der Waals surface area contributed by atoms with Gasteiger partial charge >= 0.3 is 17.1 Å². The summed E-state index contributed by atoms with van der Waals surface area (Å²) in [7, 11) is 0. The van der Waals surface area contributed by atoms with Crippen molar-refractivity contribution in [3.05, 3.63) is 0 Å². The summed E-state index contributed by atoms with van der Waals surface area (Å²) in [6.45, 7) is 0. The van der Waals surface area contributed by atoms with E-state index in [4.69, 9.17) is 10.2 Å². The monoisotopic (exact) mass is 188 g/mol. The Morgan fingerprint density at radius 1 is 1.45 bits per heavy atom. The van der Waals surface area contributed by atoms with Crippen LogP contribution in [0.4, 0.5) is 8.78 Å². The van der Waals surface area contributed by atoms with E-state index in [1.54, 1.807) is 0 Å². The van der Waals surface area contributed by atoms with Gasteiger partial charge in [0.25, 0.3) is 6.17 Å². The lowest BCUT2D eigenvalue weighted by Gasteiger charge is -2.12. The van der Waals surface area contributed by atoms with E-state index in [0.29, 0.717) is 0 Å². The van der Waals surface area contributed by atoms with Crippen LogP contribution in [0.25, 0.3) is 0 Å². The third kappa shape index (κ3) is 2.01. The third-order valence-corrected chi connectivity index (χ3v) is 1.17. The van der Waals surface area contributed by atoms with E-state index in [9.17, 15) is 18.4 Å². The molecule has 0 spiro atoms. The van der Waals surface area contributed by atoms with E-state index < -0.39 is 23.2 Å². The Bertz CT molecular complexity index is 193. The Balaban J connectivity index is 4.55. The van der Waals surface area contributed by atoms with Crippen LogP contribution < -0.4 is 0 Å². The van der Waals surface area contributed by atoms with Crippen LogP contribution in [-0.4, -0.2) is 33.5 Å². The third-order valence-electron chi connectivity index (χ3n) is 0.820. The van der Waals surface area contributed by atoms with Gasteiger partial charge in [-0.05, 0) is 0 Å². The van der Waals surface area contributed by atoms with Gasteiger partial charge in [0.05, 0.1) is 0 Å². The molecule has 2 unspecified atom stereocenters. The van der Waals surface area contributed by atoms with Crippen LogP contribution in [0.5, 0.6) is 0 Å². The molecule has 0 aromatic heterocycles. The number of aliphatic carboxylic acids is 2. The summed E-state index contributed by atoms with van der Waals surface area (Å²) in [6.07, 6.45) is -3.28. The molecule has 0 bridgehead atoms. The van der Waals surface area contributed by atoms with Crippen molar-refractivity contribution in [1.82, 2.24) is 0 Å². The fourth-order valence-electron chi connectivity index (χ4n) is 0.263. The van der Waals surface area contributed by atoms with E-state index in [2.05, 4.69) is 11.6 Å². The largest absolute Gasteiger partial charge is 0.479 e. The van der Waals surface area contributed by atoms with Gasteiger partial charge in [0.2, 0.25) is 0 Å². The minimum Gasteiger partial charge on any atom is -0.479 e. The lowest BCUT2D eigenvalue weighted by molar-refractivity contribution is -0.159. The minimum atomic E-state index is -3.90. The molecule has 2 N–H and O–H groups in total. The van der Waals surface area contributed by atoms with Gasteiger partial charge in [-0.3, -0.25) is 0 Å². The molecular weight excluding hydrogens is 185 g/mol. The van der Waals surface area contributed by atoms with Crippen molar-refractivity contribution in [2.45, 2.75) is 11.3 Å². The predicted molar refractivity (Wildman–Crippen MR) is 29.9 cm³/mol. The minimum absolute atomic E-state index is 2.26. The van der Waals surface area contributed by atoms with E-state index in [1.165, 1.54) is 0 Å². The van der Waals surface area contributed by atoms with Crippen LogP contribution >= 0.6 is 11.6 Å². The number of carbonyl (C=O) groups is 2. The average Bonchev–Trinajstić information content (AvgIpc) is 1.85. The summed E-state index contributed by atoms with van der Waals surface area (Å²) < 4.78 is 24.3. The first kappa shape index (κ1) is 10.1. The molecule has 0 saturated heterocycles. The summed E-state index contributed by atoms with van der Waals surface area (Å²) in [5.74, 6) is -4.63. The van der Waals surface area contributed by atoms with Crippen LogP contribution in [0.3, 0.4) is 0 Å². The van der Waals surface area contributed by atoms with Crippen molar-refractivity contribution in [2.75, 3.05) is 0 Å². The molecule has 7 heteroatoms. The van der Waals surface area contributed by atoms with E-state index >= 15 is 0 Å². The summed E-state index contributed by atoms with van der Waals surface area (Å²) >= 11 is 4.39. The maximum Gasteiger partial charge on any atom is 0.361 e. The van der Waals surface area contributed by atoms with E-state index in [0.717, 1.165) is 0 Å². The zero-order chi connectivity index (χ0) is 9.23. The second-order valence-corrected chi connectivity index (χ2v) is 2.18. The highest BCUT2D eigenvalue weighted by Crippen LogP contribution is 2.24. The highest BCUT2D eigenvalue weighted by atomic mass is 35.5. The lowest BCUT2D eigenvalue weighted by Crippen LogP contribution is -2.42. The number of carboxylic acid groups (broad SMARTS) is 2. The number of carboxylic acids is 2. The van der Waals surface area contributed by atoms with Gasteiger partial charge in [0.1, 0.15) is 0 Å². The maximum atomic E-state index is 12.3. The first-order chi connectivity index (χ1) is 4.80. The number of hydrogen-bond acceptors (Lipinski definition) is 2. The maximum absolute atomic E-state index is 12.3. The Morgan fingerprint density at radius 3 is 1.91 bits per heavy atom. The molecule has 0 fully saturated rings. The molecule has 0 saturated carbocycles. The fourth-order valence-corrected chi connectivity index (χ4v) is 0.357. The molecule has 2 atom stereocenters. The van der Waals surface area contributed by atoms with E-state index in [1.807, 2.05) is 0 Å². The molecule has 0 aliphatic rings. The zero-order valence-corrected chi connectivity index (χ0v) is 5.68. The van der Waals surface area contributed by atoms with Gasteiger partial charge in [-0.25, -0.2) is 18.4 Å². The van der Waals surface area contributed by atoms with Gasteiger partial charge < -0.3 is 10.2 Å². The molecule has 0 aromatic carbocycles. The van der Waals surface area contributed by atoms with Gasteiger partial charge in [-0.2, -0.15) is 0 Å². The van der Waals surface area contributed by atoms with Crippen molar-refractivity contribution < 1.29 is 28.6 Å². The molecule has 0 aliphatic carbocycles. The summed E-state index contributed by atoms with van der Waals surface area (Å²) in [5.41, 5.74) is 0. The normalized spacial score (nSPS) is 18.5. The molecule has 0 heterocycles. The number of hydrogen-bond donors (Lipinski definition) is 2. The van der Waals surface area contributed by atoms with Gasteiger partial charge in [0.15, 0.2) is 0 Å². The number of alkyl halides is 3. The van der Waals surface area contributed by atoms with Crippen LogP contribution in [0, 0.1) is 0 Å². The standard InChI is InChI=1S/C4H3ClF2O4/c5-4(7,3(10)11)1(6)2(8)9/h1H,(H,8,9)(H,10,11). The summed E-state index contributed by atoms with van der Waals surface area (Å²) in [5, 5.41) is 11.8. The molecule has 0 rings (SSSR count). The molecule has 4 nitrogen and oxygen atoms in total. The van der Waals surface area contributed by atoms with Crippen molar-refractivity contribution in [2.24, 2.45) is 0 Å². The molecule has 11 heavy (non-hydrogen) atoms. The average molecular weight is 189 g/mol. The van der Waals surface area contributed by atoms with Gasteiger partial charge in [-0.1, -0.05) is 11.6 Å². The zero-order valence-electron chi connectivity index (χ0n) is 4.92. The van der Waals surface area contributed by atoms with Crippen molar-refractivity contribution in [3.8, 4) is 0 Å². The Hall–Kier alpha value is -0.910. The predicted octanol–water partition coefficient (Wildman–Crippen LogP) is 0.398. The summed E-state index contributed by atoms with van der Waals surface area (Å²) in [6, 6.07) is 0. The molecule has 0 radical (unpaired) electrons. The van der Waals surface area contributed by atoms with Crippen molar-refractivity contribution in [1.29, 1.82) is 0 Å². The summed E-state index contributed by atoms with van der Waals surface area (Å²) in [4.78, 5) is 19.4. The second kappa shape index (κ2) is 3.00. The smallest absolute Gasteiger partial charge is 0.361 e. The van der Waals surface area contributed by atoms with Crippen LogP contribution in [0.15, 0.2) is 0 Å². The van der Waals surface area contributed by atoms with Crippen molar-refractivity contribution >= 4 is 23.5 Å². The van der Waals surface area contributed by atoms with Crippen LogP contribution in [0.2, 0.25) is 0 Å². The highest BCUT2D eigenvalue weighted by Gasteiger charge is 2.50.